The first-order valence-corrected chi connectivity index (χ1v) is 11.9. The topological polar surface area (TPSA) is 179 Å². The minimum absolute atomic E-state index is 0.0427. The second-order valence-electron chi connectivity index (χ2n) is 8.30. The molecule has 2 rings (SSSR count). The highest BCUT2D eigenvalue weighted by Crippen LogP contribution is 2.16. The van der Waals surface area contributed by atoms with E-state index in [2.05, 4.69) is 22.2 Å². The smallest absolute Gasteiger partial charge is 0.475 e. The fourth-order valence-corrected chi connectivity index (χ4v) is 2.76. The molecule has 1 aromatic carbocycles. The summed E-state index contributed by atoms with van der Waals surface area (Å²) in [7, 11) is 1.92. The number of carbonyl (C=O) groups is 3. The zero-order valence-corrected chi connectivity index (χ0v) is 22.1. The van der Waals surface area contributed by atoms with Crippen molar-refractivity contribution >= 4 is 17.8 Å². The number of hydrogen-bond acceptors (Lipinski definition) is 7. The summed E-state index contributed by atoms with van der Waals surface area (Å²) in [6.07, 6.45) is -7.53. The number of nitrogens with two attached hydrogens (primary N) is 1. The van der Waals surface area contributed by atoms with Crippen LogP contribution in [0.2, 0.25) is 0 Å². The lowest BCUT2D eigenvalue weighted by molar-refractivity contribution is -0.193. The number of hydrogen-bond donors (Lipinski definition) is 5. The summed E-state index contributed by atoms with van der Waals surface area (Å²) >= 11 is 0. The molecule has 11 nitrogen and oxygen atoms in total. The molecular formula is C24H31F6N5O6. The Bertz CT molecular complexity index is 1150. The Balaban J connectivity index is 0.000000941. The molecule has 1 amide bonds. The predicted octanol–water partition coefficient (Wildman–Crippen LogP) is 2.55. The molecular weight excluding hydrogens is 568 g/mol. The molecule has 0 fully saturated rings. The Hall–Kier alpha value is -3.99. The van der Waals surface area contributed by atoms with Crippen LogP contribution in [0, 0.1) is 0 Å². The van der Waals surface area contributed by atoms with Gasteiger partial charge in [0.05, 0.1) is 6.54 Å². The highest BCUT2D eigenvalue weighted by Gasteiger charge is 2.38. The number of nitrogens with zero attached hydrogens (tertiary/aromatic N) is 2. The van der Waals surface area contributed by atoms with Crippen LogP contribution < -0.4 is 16.6 Å². The lowest BCUT2D eigenvalue weighted by Crippen LogP contribution is -2.35. The van der Waals surface area contributed by atoms with Gasteiger partial charge < -0.3 is 26.2 Å². The Morgan fingerprint density at radius 3 is 1.98 bits per heavy atom. The van der Waals surface area contributed by atoms with Crippen LogP contribution in [-0.4, -0.2) is 82.0 Å². The molecule has 0 atom stereocenters. The summed E-state index contributed by atoms with van der Waals surface area (Å²) in [4.78, 5) is 50.6. The van der Waals surface area contributed by atoms with Crippen LogP contribution in [0.15, 0.2) is 35.1 Å². The van der Waals surface area contributed by atoms with Gasteiger partial charge in [0.15, 0.2) is 0 Å². The number of aromatic nitrogens is 2. The Labute approximate surface area is 230 Å². The summed E-state index contributed by atoms with van der Waals surface area (Å²) < 4.78 is 63.5. The minimum atomic E-state index is -5.08. The fraction of sp³-hybridized carbons (Fsp3) is 0.458. The largest absolute Gasteiger partial charge is 0.490 e. The summed E-state index contributed by atoms with van der Waals surface area (Å²) in [6, 6.07) is 9.29. The van der Waals surface area contributed by atoms with Crippen LogP contribution in [0.3, 0.4) is 0 Å². The molecule has 0 spiro atoms. The van der Waals surface area contributed by atoms with Crippen LogP contribution in [0.5, 0.6) is 0 Å². The van der Waals surface area contributed by atoms with Crippen LogP contribution in [0.4, 0.5) is 26.3 Å². The molecule has 0 aliphatic carbocycles. The Morgan fingerprint density at radius 2 is 1.54 bits per heavy atom. The van der Waals surface area contributed by atoms with E-state index in [1.807, 2.05) is 36.2 Å². The summed E-state index contributed by atoms with van der Waals surface area (Å²) in [5.74, 6) is -4.93. The van der Waals surface area contributed by atoms with E-state index in [-0.39, 0.29) is 11.5 Å². The van der Waals surface area contributed by atoms with Gasteiger partial charge in [0.25, 0.3) is 5.56 Å². The van der Waals surface area contributed by atoms with Crippen molar-refractivity contribution in [1.82, 2.24) is 20.2 Å². The van der Waals surface area contributed by atoms with Crippen molar-refractivity contribution in [2.45, 2.75) is 45.1 Å². The first-order valence-electron chi connectivity index (χ1n) is 11.9. The number of H-pyrrole nitrogens is 1. The monoisotopic (exact) mass is 599 g/mol. The van der Waals surface area contributed by atoms with E-state index in [1.54, 1.807) is 0 Å². The molecule has 0 aliphatic heterocycles. The molecule has 0 bridgehead atoms. The van der Waals surface area contributed by atoms with Gasteiger partial charge in [-0.2, -0.15) is 26.3 Å². The van der Waals surface area contributed by atoms with Crippen LogP contribution >= 0.6 is 0 Å². The van der Waals surface area contributed by atoms with Gasteiger partial charge in [-0.1, -0.05) is 37.6 Å². The van der Waals surface area contributed by atoms with Gasteiger partial charge >= 0.3 is 24.3 Å². The van der Waals surface area contributed by atoms with Gasteiger partial charge in [-0.15, -0.1) is 0 Å². The SMILES string of the molecule is CCCCNC(=O)CN(C)Cc1ccc(-c2nc(CCN)cc(=O)[nH]2)cc1.O=C(O)C(F)(F)F.O=C(O)C(F)(F)F. The maximum Gasteiger partial charge on any atom is 0.490 e. The van der Waals surface area contributed by atoms with Crippen molar-refractivity contribution in [2.24, 2.45) is 5.73 Å². The average Bonchev–Trinajstić information content (AvgIpc) is 2.84. The normalized spacial score (nSPS) is 11.1. The van der Waals surface area contributed by atoms with Crippen LogP contribution in [-0.2, 0) is 27.3 Å². The number of benzene rings is 1. The lowest BCUT2D eigenvalue weighted by atomic mass is 10.1. The van der Waals surface area contributed by atoms with E-state index >= 15 is 0 Å². The first kappa shape index (κ1) is 37.0. The zero-order chi connectivity index (χ0) is 31.8. The molecule has 41 heavy (non-hydrogen) atoms. The van der Waals surface area contributed by atoms with Crippen molar-refractivity contribution in [3.05, 3.63) is 51.9 Å². The Morgan fingerprint density at radius 1 is 1.02 bits per heavy atom. The lowest BCUT2D eigenvalue weighted by Gasteiger charge is -2.16. The van der Waals surface area contributed by atoms with Gasteiger partial charge in [-0.05, 0) is 25.6 Å². The third-order valence-electron chi connectivity index (χ3n) is 4.63. The number of halogens is 6. The maximum atomic E-state index is 11.9. The molecule has 2 aromatic rings. The molecule has 0 aliphatic rings. The molecule has 0 saturated heterocycles. The number of aromatic amines is 1. The second-order valence-corrected chi connectivity index (χ2v) is 8.30. The van der Waals surface area contributed by atoms with Crippen molar-refractivity contribution in [3.63, 3.8) is 0 Å². The Kier molecular flexibility index (Phi) is 15.9. The summed E-state index contributed by atoms with van der Waals surface area (Å²) in [5, 5.41) is 17.2. The number of likely N-dealkylation sites (N-methyl/N-ethyl adjacent to an activating group) is 1. The standard InChI is InChI=1S/C20H29N5O2.2C2HF3O2/c1-3-4-11-22-19(27)14-25(2)13-15-5-7-16(8-6-15)20-23-17(9-10-21)12-18(26)24-20;2*3-2(4,5)1(6)7/h5-8,12H,3-4,9-11,13-14,21H2,1-2H3,(H,22,27)(H,23,24,26);2*(H,6,7). The number of unbranched alkanes of at least 4 members (excludes halogenated alkanes) is 1. The number of carboxylic acid groups (broad SMARTS) is 2. The number of aliphatic carboxylic acids is 2. The van der Waals surface area contributed by atoms with Crippen molar-refractivity contribution < 1.29 is 50.9 Å². The third-order valence-corrected chi connectivity index (χ3v) is 4.63. The van der Waals surface area contributed by atoms with Gasteiger partial charge in [-0.25, -0.2) is 14.6 Å². The van der Waals surface area contributed by atoms with E-state index < -0.39 is 24.3 Å². The van der Waals surface area contributed by atoms with Crippen molar-refractivity contribution in [2.75, 3.05) is 26.7 Å². The number of nitrogens with one attached hydrogen (secondary N) is 2. The first-order chi connectivity index (χ1) is 18.9. The molecule has 17 heteroatoms. The van der Waals surface area contributed by atoms with E-state index in [0.717, 1.165) is 30.5 Å². The van der Waals surface area contributed by atoms with Gasteiger partial charge in [0.1, 0.15) is 5.82 Å². The third kappa shape index (κ3) is 16.7. The average molecular weight is 600 g/mol. The van der Waals surface area contributed by atoms with Gasteiger partial charge in [0.2, 0.25) is 5.91 Å². The van der Waals surface area contributed by atoms with Crippen LogP contribution in [0.1, 0.15) is 31.0 Å². The minimum Gasteiger partial charge on any atom is -0.475 e. The van der Waals surface area contributed by atoms with E-state index in [1.165, 1.54) is 6.07 Å². The fourth-order valence-electron chi connectivity index (χ4n) is 2.76. The number of amides is 1. The number of alkyl halides is 6. The maximum absolute atomic E-state index is 11.9. The predicted molar refractivity (Wildman–Crippen MR) is 135 cm³/mol. The van der Waals surface area contributed by atoms with E-state index in [9.17, 15) is 35.9 Å². The summed E-state index contributed by atoms with van der Waals surface area (Å²) in [5.41, 5.74) is 7.99. The second kappa shape index (κ2) is 17.6. The molecule has 6 N–H and O–H groups in total. The van der Waals surface area contributed by atoms with Gasteiger partial charge in [-0.3, -0.25) is 14.5 Å². The van der Waals surface area contributed by atoms with Gasteiger partial charge in [0, 0.05) is 36.8 Å². The van der Waals surface area contributed by atoms with Crippen LogP contribution in [0.25, 0.3) is 11.4 Å². The number of carbonyl (C=O) groups excluding carboxylic acids is 1. The molecule has 0 unspecified atom stereocenters. The number of rotatable bonds is 10. The molecule has 0 radical (unpaired) electrons. The zero-order valence-electron chi connectivity index (χ0n) is 22.1. The quantitative estimate of drug-likeness (QED) is 0.203. The molecule has 1 heterocycles. The summed E-state index contributed by atoms with van der Waals surface area (Å²) in [6.45, 7) is 4.31. The highest BCUT2D eigenvalue weighted by molar-refractivity contribution is 5.78. The van der Waals surface area contributed by atoms with Crippen molar-refractivity contribution in [3.8, 4) is 11.4 Å². The van der Waals surface area contributed by atoms with Crippen molar-refractivity contribution in [1.29, 1.82) is 0 Å². The van der Waals surface area contributed by atoms with E-state index in [4.69, 9.17) is 25.5 Å². The molecule has 0 saturated carbocycles. The van der Waals surface area contributed by atoms with E-state index in [0.29, 0.717) is 37.6 Å². The highest BCUT2D eigenvalue weighted by atomic mass is 19.4. The molecule has 230 valence electrons. The molecule has 1 aromatic heterocycles. The number of carboxylic acids is 2.